The third-order valence-corrected chi connectivity index (χ3v) is 3.95. The first-order valence-electron chi connectivity index (χ1n) is 8.01. The van der Waals surface area contributed by atoms with Crippen LogP contribution in [0.2, 0.25) is 0 Å². The molecule has 0 N–H and O–H groups in total. The summed E-state index contributed by atoms with van der Waals surface area (Å²) in [5, 5.41) is 8.11. The molecule has 2 aromatic rings. The van der Waals surface area contributed by atoms with Gasteiger partial charge >= 0.3 is 0 Å². The van der Waals surface area contributed by atoms with Gasteiger partial charge in [0.1, 0.15) is 6.33 Å². The molecule has 3 heterocycles. The zero-order valence-corrected chi connectivity index (χ0v) is 14.2. The minimum absolute atomic E-state index is 0.265. The molecule has 130 valence electrons. The second-order valence-electron chi connectivity index (χ2n) is 6.05. The Labute approximate surface area is 140 Å². The number of nitrogens with zero attached hydrogens (tertiary/aromatic N) is 7. The Hall–Kier alpha value is -2.29. The average Bonchev–Trinajstić information content (AvgIpc) is 3.04. The highest BCUT2D eigenvalue weighted by Gasteiger charge is 2.19. The van der Waals surface area contributed by atoms with Crippen molar-refractivity contribution in [2.45, 2.75) is 26.4 Å². The molecule has 8 nitrogen and oxygen atoms in total. The summed E-state index contributed by atoms with van der Waals surface area (Å²) in [6.45, 7) is 7.03. The summed E-state index contributed by atoms with van der Waals surface area (Å²) in [6, 6.07) is 0.265. The fourth-order valence-electron chi connectivity index (χ4n) is 2.62. The molecule has 1 fully saturated rings. The molecular formula is C15H22FN7O. The van der Waals surface area contributed by atoms with Crippen molar-refractivity contribution in [1.29, 1.82) is 0 Å². The SMILES string of the molecule is CC(C)n1cnnc1CN(C)c1ncc(F)c(N2CCOCC2)n1. The normalized spacial score (nSPS) is 15.1. The molecule has 0 aliphatic carbocycles. The van der Waals surface area contributed by atoms with E-state index in [1.165, 1.54) is 6.20 Å². The zero-order chi connectivity index (χ0) is 17.1. The Bertz CT molecular complexity index is 684. The number of halogens is 1. The second kappa shape index (κ2) is 7.08. The van der Waals surface area contributed by atoms with E-state index < -0.39 is 5.82 Å². The van der Waals surface area contributed by atoms with E-state index >= 15 is 0 Å². The van der Waals surface area contributed by atoms with Crippen molar-refractivity contribution in [3.05, 3.63) is 24.2 Å². The number of ether oxygens (including phenoxy) is 1. The standard InChI is InChI=1S/C15H22FN7O/c1-11(2)23-10-18-20-13(23)9-21(3)15-17-8-12(16)14(19-15)22-4-6-24-7-5-22/h8,10-11H,4-7,9H2,1-3H3. The van der Waals surface area contributed by atoms with E-state index in [0.717, 1.165) is 5.82 Å². The molecule has 1 saturated heterocycles. The van der Waals surface area contributed by atoms with Gasteiger partial charge in [0.15, 0.2) is 17.5 Å². The van der Waals surface area contributed by atoms with Gasteiger partial charge in [0.05, 0.1) is 26.0 Å². The van der Waals surface area contributed by atoms with Crippen LogP contribution in [0.4, 0.5) is 16.2 Å². The van der Waals surface area contributed by atoms with Crippen LogP contribution in [-0.2, 0) is 11.3 Å². The lowest BCUT2D eigenvalue weighted by Gasteiger charge is -2.28. The molecule has 0 atom stereocenters. The Morgan fingerprint density at radius 3 is 2.79 bits per heavy atom. The highest BCUT2D eigenvalue weighted by Crippen LogP contribution is 2.20. The zero-order valence-electron chi connectivity index (χ0n) is 14.2. The highest BCUT2D eigenvalue weighted by atomic mass is 19.1. The van der Waals surface area contributed by atoms with Crippen LogP contribution in [-0.4, -0.2) is 58.1 Å². The van der Waals surface area contributed by atoms with Crippen LogP contribution in [0.1, 0.15) is 25.7 Å². The summed E-state index contributed by atoms with van der Waals surface area (Å²) >= 11 is 0. The molecular weight excluding hydrogens is 313 g/mol. The van der Waals surface area contributed by atoms with E-state index in [9.17, 15) is 4.39 Å². The minimum atomic E-state index is -0.417. The van der Waals surface area contributed by atoms with Crippen molar-refractivity contribution in [1.82, 2.24) is 24.7 Å². The predicted octanol–water partition coefficient (Wildman–Crippen LogP) is 1.26. The fraction of sp³-hybridized carbons (Fsp3) is 0.600. The van der Waals surface area contributed by atoms with Crippen molar-refractivity contribution in [2.24, 2.45) is 0 Å². The lowest BCUT2D eigenvalue weighted by Crippen LogP contribution is -2.37. The van der Waals surface area contributed by atoms with Crippen LogP contribution >= 0.6 is 0 Å². The van der Waals surface area contributed by atoms with Gasteiger partial charge < -0.3 is 19.1 Å². The van der Waals surface area contributed by atoms with E-state index in [0.29, 0.717) is 44.6 Å². The lowest BCUT2D eigenvalue weighted by molar-refractivity contribution is 0.122. The molecule has 0 aromatic carbocycles. The van der Waals surface area contributed by atoms with Gasteiger partial charge in [0.2, 0.25) is 5.95 Å². The molecule has 1 aliphatic heterocycles. The van der Waals surface area contributed by atoms with E-state index in [1.807, 2.05) is 21.4 Å². The maximum absolute atomic E-state index is 14.1. The summed E-state index contributed by atoms with van der Waals surface area (Å²) in [6.07, 6.45) is 2.93. The van der Waals surface area contributed by atoms with Gasteiger partial charge in [-0.2, -0.15) is 4.98 Å². The molecule has 2 aromatic heterocycles. The van der Waals surface area contributed by atoms with Crippen LogP contribution in [0, 0.1) is 5.82 Å². The molecule has 24 heavy (non-hydrogen) atoms. The summed E-state index contributed by atoms with van der Waals surface area (Å²) in [5.41, 5.74) is 0. The third-order valence-electron chi connectivity index (χ3n) is 3.95. The molecule has 1 aliphatic rings. The van der Waals surface area contributed by atoms with Crippen molar-refractivity contribution >= 4 is 11.8 Å². The molecule has 0 radical (unpaired) electrons. The number of morpholine rings is 1. The number of aromatic nitrogens is 5. The van der Waals surface area contributed by atoms with E-state index in [2.05, 4.69) is 34.0 Å². The maximum atomic E-state index is 14.1. The Balaban J connectivity index is 1.79. The number of anilines is 2. The van der Waals surface area contributed by atoms with Crippen molar-refractivity contribution in [3.8, 4) is 0 Å². The molecule has 0 amide bonds. The van der Waals surface area contributed by atoms with Gasteiger partial charge in [0.25, 0.3) is 0 Å². The van der Waals surface area contributed by atoms with E-state index in [1.54, 1.807) is 6.33 Å². The topological polar surface area (TPSA) is 72.2 Å². The summed E-state index contributed by atoms with van der Waals surface area (Å²) in [7, 11) is 1.86. The van der Waals surface area contributed by atoms with Crippen molar-refractivity contribution in [3.63, 3.8) is 0 Å². The number of hydrogen-bond acceptors (Lipinski definition) is 7. The van der Waals surface area contributed by atoms with Gasteiger partial charge in [-0.25, -0.2) is 9.37 Å². The first kappa shape index (κ1) is 16.6. The maximum Gasteiger partial charge on any atom is 0.227 e. The molecule has 0 unspecified atom stereocenters. The molecule has 0 spiro atoms. The monoisotopic (exact) mass is 335 g/mol. The quantitative estimate of drug-likeness (QED) is 0.814. The van der Waals surface area contributed by atoms with Crippen LogP contribution in [0.3, 0.4) is 0 Å². The van der Waals surface area contributed by atoms with Gasteiger partial charge in [0, 0.05) is 26.2 Å². The van der Waals surface area contributed by atoms with Crippen LogP contribution in [0.25, 0.3) is 0 Å². The lowest BCUT2D eigenvalue weighted by atomic mass is 10.3. The third kappa shape index (κ3) is 3.45. The van der Waals surface area contributed by atoms with E-state index in [-0.39, 0.29) is 6.04 Å². The van der Waals surface area contributed by atoms with Crippen LogP contribution in [0.5, 0.6) is 0 Å². The number of hydrogen-bond donors (Lipinski definition) is 0. The largest absolute Gasteiger partial charge is 0.378 e. The Morgan fingerprint density at radius 1 is 1.33 bits per heavy atom. The molecule has 3 rings (SSSR count). The fourth-order valence-corrected chi connectivity index (χ4v) is 2.62. The second-order valence-corrected chi connectivity index (χ2v) is 6.05. The van der Waals surface area contributed by atoms with Gasteiger partial charge in [-0.1, -0.05) is 0 Å². The summed E-state index contributed by atoms with van der Waals surface area (Å²) in [5.74, 6) is 1.17. The summed E-state index contributed by atoms with van der Waals surface area (Å²) in [4.78, 5) is 12.2. The smallest absolute Gasteiger partial charge is 0.227 e. The van der Waals surface area contributed by atoms with Crippen LogP contribution < -0.4 is 9.80 Å². The minimum Gasteiger partial charge on any atom is -0.378 e. The first-order chi connectivity index (χ1) is 11.6. The highest BCUT2D eigenvalue weighted by molar-refractivity contribution is 5.45. The molecule has 0 bridgehead atoms. The molecule has 0 saturated carbocycles. The van der Waals surface area contributed by atoms with E-state index in [4.69, 9.17) is 4.74 Å². The van der Waals surface area contributed by atoms with Gasteiger partial charge in [-0.05, 0) is 13.8 Å². The first-order valence-corrected chi connectivity index (χ1v) is 8.01. The average molecular weight is 335 g/mol. The van der Waals surface area contributed by atoms with Gasteiger partial charge in [-0.15, -0.1) is 10.2 Å². The Morgan fingerprint density at radius 2 is 2.08 bits per heavy atom. The van der Waals surface area contributed by atoms with Gasteiger partial charge in [-0.3, -0.25) is 0 Å². The number of rotatable bonds is 5. The predicted molar refractivity (Wildman–Crippen MR) is 87.5 cm³/mol. The van der Waals surface area contributed by atoms with Crippen molar-refractivity contribution in [2.75, 3.05) is 43.2 Å². The Kier molecular flexibility index (Phi) is 4.89. The summed E-state index contributed by atoms with van der Waals surface area (Å²) < 4.78 is 21.4. The molecule has 9 heteroatoms. The van der Waals surface area contributed by atoms with Crippen LogP contribution in [0.15, 0.2) is 12.5 Å². The van der Waals surface area contributed by atoms with Crippen molar-refractivity contribution < 1.29 is 9.13 Å².